The number of rotatable bonds is 2. The molecule has 0 saturated heterocycles. The molecule has 2 N–H and O–H groups in total. The molecule has 2 rings (SSSR count). The van der Waals surface area contributed by atoms with Crippen molar-refractivity contribution in [3.63, 3.8) is 0 Å². The lowest BCUT2D eigenvalue weighted by molar-refractivity contribution is -0.134. The van der Waals surface area contributed by atoms with E-state index in [2.05, 4.69) is 9.97 Å². The van der Waals surface area contributed by atoms with Crippen molar-refractivity contribution >= 4 is 11.9 Å². The second-order valence-corrected chi connectivity index (χ2v) is 4.06. The van der Waals surface area contributed by atoms with Crippen molar-refractivity contribution in [2.75, 3.05) is 0 Å². The zero-order valence-electron chi connectivity index (χ0n) is 12.4. The Hall–Kier alpha value is -3.02. The Morgan fingerprint density at radius 1 is 0.773 bits per heavy atom. The third kappa shape index (κ3) is 13.4. The molecule has 0 atom stereocenters. The van der Waals surface area contributed by atoms with E-state index in [1.807, 2.05) is 38.1 Å². The fourth-order valence-electron chi connectivity index (χ4n) is 0.995. The lowest BCUT2D eigenvalue weighted by Gasteiger charge is -1.82. The number of hydrogen-bond donors (Lipinski definition) is 2. The summed E-state index contributed by atoms with van der Waals surface area (Å²) in [5, 5.41) is 15.6. The van der Waals surface area contributed by atoms with Crippen molar-refractivity contribution in [2.24, 2.45) is 0 Å². The van der Waals surface area contributed by atoms with Crippen LogP contribution in [0.15, 0.2) is 61.2 Å². The predicted molar refractivity (Wildman–Crippen MR) is 82.4 cm³/mol. The van der Waals surface area contributed by atoms with Gasteiger partial charge < -0.3 is 10.2 Å². The van der Waals surface area contributed by atoms with Gasteiger partial charge in [-0.1, -0.05) is 0 Å². The molecule has 6 nitrogen and oxygen atoms in total. The van der Waals surface area contributed by atoms with Crippen LogP contribution < -0.4 is 0 Å². The normalized spacial score (nSPS) is 9.00. The van der Waals surface area contributed by atoms with Gasteiger partial charge in [0.25, 0.3) is 0 Å². The zero-order valence-corrected chi connectivity index (χ0v) is 12.4. The molecule has 0 saturated carbocycles. The number of hydrogen-bond acceptors (Lipinski definition) is 4. The standard InChI is InChI=1S/2C6H7N.C4H4O4/c2*1-6-2-4-7-5-3-6;5-3(6)1-2-4(7)8/h2*2-5H,1H3;1-2H,(H,5,6)(H,7,8). The number of aromatic nitrogens is 2. The molecule has 0 spiro atoms. The van der Waals surface area contributed by atoms with Gasteiger partial charge in [-0.25, -0.2) is 9.59 Å². The van der Waals surface area contributed by atoms with Crippen LogP contribution in [-0.2, 0) is 9.59 Å². The van der Waals surface area contributed by atoms with Crippen LogP contribution in [0.3, 0.4) is 0 Å². The molecule has 22 heavy (non-hydrogen) atoms. The van der Waals surface area contributed by atoms with Crippen LogP contribution in [0, 0.1) is 13.8 Å². The highest BCUT2D eigenvalue weighted by Crippen LogP contribution is 1.89. The molecule has 0 aliphatic heterocycles. The van der Waals surface area contributed by atoms with Crippen molar-refractivity contribution in [1.29, 1.82) is 0 Å². The number of carboxylic acid groups (broad SMARTS) is 2. The van der Waals surface area contributed by atoms with Gasteiger partial charge in [-0.2, -0.15) is 0 Å². The van der Waals surface area contributed by atoms with Crippen molar-refractivity contribution in [3.8, 4) is 0 Å². The summed E-state index contributed by atoms with van der Waals surface area (Å²) in [6.07, 6.45) is 8.26. The smallest absolute Gasteiger partial charge is 0.328 e. The predicted octanol–water partition coefficient (Wildman–Crippen LogP) is 2.49. The van der Waals surface area contributed by atoms with E-state index in [0.717, 1.165) is 0 Å². The first-order valence-electron chi connectivity index (χ1n) is 6.29. The monoisotopic (exact) mass is 302 g/mol. The first kappa shape index (κ1) is 19.0. The number of pyridine rings is 2. The molecular formula is C16H18N2O4. The molecule has 0 bridgehead atoms. The number of aryl methyl sites for hydroxylation is 2. The minimum absolute atomic E-state index is 0.558. The molecule has 2 aromatic rings. The minimum Gasteiger partial charge on any atom is -0.478 e. The number of carbonyl (C=O) groups is 2. The van der Waals surface area contributed by atoms with Crippen molar-refractivity contribution in [2.45, 2.75) is 13.8 Å². The fourth-order valence-corrected chi connectivity index (χ4v) is 0.995. The van der Waals surface area contributed by atoms with E-state index in [4.69, 9.17) is 10.2 Å². The lowest BCUT2D eigenvalue weighted by atomic mass is 10.3. The maximum atomic E-state index is 9.55. The molecule has 116 valence electrons. The van der Waals surface area contributed by atoms with Gasteiger partial charge in [0.2, 0.25) is 0 Å². The molecule has 0 aliphatic carbocycles. The van der Waals surface area contributed by atoms with E-state index < -0.39 is 11.9 Å². The first-order valence-corrected chi connectivity index (χ1v) is 6.29. The first-order chi connectivity index (χ1) is 10.4. The molecule has 6 heteroatoms. The Morgan fingerprint density at radius 3 is 1.18 bits per heavy atom. The molecule has 2 heterocycles. The van der Waals surface area contributed by atoms with Gasteiger partial charge in [0, 0.05) is 36.9 Å². The summed E-state index contributed by atoms with van der Waals surface area (Å²) >= 11 is 0. The second-order valence-electron chi connectivity index (χ2n) is 4.06. The second kappa shape index (κ2) is 11.8. The molecule has 0 fully saturated rings. The third-order valence-corrected chi connectivity index (χ3v) is 2.06. The Balaban J connectivity index is 0.000000301. The van der Waals surface area contributed by atoms with Gasteiger partial charge in [-0.05, 0) is 49.2 Å². The zero-order chi connectivity index (χ0) is 16.8. The SMILES string of the molecule is Cc1ccncc1.Cc1ccncc1.O=C(O)C=CC(=O)O. The van der Waals surface area contributed by atoms with Gasteiger partial charge in [0.05, 0.1) is 0 Å². The fraction of sp³-hybridized carbons (Fsp3) is 0.125. The summed E-state index contributed by atoms with van der Waals surface area (Å²) in [4.78, 5) is 26.8. The average molecular weight is 302 g/mol. The van der Waals surface area contributed by atoms with Crippen LogP contribution in [0.25, 0.3) is 0 Å². The van der Waals surface area contributed by atoms with Gasteiger partial charge >= 0.3 is 11.9 Å². The summed E-state index contributed by atoms with van der Waals surface area (Å²) in [5.41, 5.74) is 2.52. The summed E-state index contributed by atoms with van der Waals surface area (Å²) in [7, 11) is 0. The Labute approximate surface area is 128 Å². The van der Waals surface area contributed by atoms with E-state index in [0.29, 0.717) is 12.2 Å². The van der Waals surface area contributed by atoms with E-state index in [-0.39, 0.29) is 0 Å². The van der Waals surface area contributed by atoms with Crippen molar-refractivity contribution < 1.29 is 19.8 Å². The van der Waals surface area contributed by atoms with Crippen LogP contribution in [0.5, 0.6) is 0 Å². The number of nitrogens with zero attached hydrogens (tertiary/aromatic N) is 2. The topological polar surface area (TPSA) is 100 Å². The van der Waals surface area contributed by atoms with E-state index >= 15 is 0 Å². The number of carboxylic acids is 2. The highest BCUT2D eigenvalue weighted by Gasteiger charge is 1.88. The molecule has 2 aromatic heterocycles. The summed E-state index contributed by atoms with van der Waals surface area (Å²) in [5.74, 6) is -2.51. The Morgan fingerprint density at radius 2 is 1.05 bits per heavy atom. The third-order valence-electron chi connectivity index (χ3n) is 2.06. The average Bonchev–Trinajstić information content (AvgIpc) is 2.48. The molecule has 0 aromatic carbocycles. The van der Waals surface area contributed by atoms with Crippen LogP contribution in [0.4, 0.5) is 0 Å². The van der Waals surface area contributed by atoms with Crippen LogP contribution in [0.1, 0.15) is 11.1 Å². The largest absolute Gasteiger partial charge is 0.478 e. The molecular weight excluding hydrogens is 284 g/mol. The van der Waals surface area contributed by atoms with Gasteiger partial charge in [0.15, 0.2) is 0 Å². The van der Waals surface area contributed by atoms with Crippen LogP contribution in [-0.4, -0.2) is 32.1 Å². The van der Waals surface area contributed by atoms with Gasteiger partial charge in [-0.15, -0.1) is 0 Å². The summed E-state index contributed by atoms with van der Waals surface area (Å²) < 4.78 is 0. The maximum absolute atomic E-state index is 9.55. The van der Waals surface area contributed by atoms with Crippen LogP contribution in [0.2, 0.25) is 0 Å². The van der Waals surface area contributed by atoms with Crippen molar-refractivity contribution in [3.05, 3.63) is 72.3 Å². The summed E-state index contributed by atoms with van der Waals surface area (Å²) in [6, 6.07) is 7.89. The maximum Gasteiger partial charge on any atom is 0.328 e. The van der Waals surface area contributed by atoms with E-state index in [1.54, 1.807) is 24.8 Å². The molecule has 0 unspecified atom stereocenters. The lowest BCUT2D eigenvalue weighted by Crippen LogP contribution is -1.91. The number of aliphatic carboxylic acids is 2. The van der Waals surface area contributed by atoms with E-state index in [9.17, 15) is 9.59 Å². The Kier molecular flexibility index (Phi) is 10.2. The highest BCUT2D eigenvalue weighted by atomic mass is 16.4. The van der Waals surface area contributed by atoms with Gasteiger partial charge in [-0.3, -0.25) is 9.97 Å². The molecule has 0 amide bonds. The summed E-state index contributed by atoms with van der Waals surface area (Å²) in [6.45, 7) is 4.09. The highest BCUT2D eigenvalue weighted by molar-refractivity contribution is 5.89. The molecule has 0 radical (unpaired) electrons. The van der Waals surface area contributed by atoms with Crippen LogP contribution >= 0.6 is 0 Å². The van der Waals surface area contributed by atoms with Crippen molar-refractivity contribution in [1.82, 2.24) is 9.97 Å². The quantitative estimate of drug-likeness (QED) is 0.827. The minimum atomic E-state index is -1.26. The Bertz CT molecular complexity index is 530. The molecule has 0 aliphatic rings. The van der Waals surface area contributed by atoms with E-state index in [1.165, 1.54) is 11.1 Å². The van der Waals surface area contributed by atoms with Gasteiger partial charge in [0.1, 0.15) is 0 Å².